The van der Waals surface area contributed by atoms with E-state index in [0.717, 1.165) is 36.1 Å². The standard InChI is InChI=1S/C26H29ClN2O/c1-19(2)20-7-6-10-25(15-20)30-26-17-28-16-21(26)18-29(23-8-4-3-5-9-23)24-13-11-22(27)12-14-24/h3-15,19,21,26,28H,16-18H2,1-2H3/t21-,26+/m1/s1. The van der Waals surface area contributed by atoms with Crippen LogP contribution in [0, 0.1) is 5.92 Å². The Balaban J connectivity index is 1.54. The lowest BCUT2D eigenvalue weighted by atomic mass is 10.0. The van der Waals surface area contributed by atoms with Crippen molar-refractivity contribution < 1.29 is 4.74 Å². The Morgan fingerprint density at radius 1 is 0.933 bits per heavy atom. The fourth-order valence-corrected chi connectivity index (χ4v) is 4.10. The predicted molar refractivity (Wildman–Crippen MR) is 126 cm³/mol. The summed E-state index contributed by atoms with van der Waals surface area (Å²) >= 11 is 6.13. The molecule has 2 atom stereocenters. The number of ether oxygens (including phenoxy) is 1. The third-order valence-corrected chi connectivity index (χ3v) is 5.97. The van der Waals surface area contributed by atoms with Crippen LogP contribution in [-0.4, -0.2) is 25.7 Å². The van der Waals surface area contributed by atoms with Crippen LogP contribution in [0.25, 0.3) is 0 Å². The van der Waals surface area contributed by atoms with Gasteiger partial charge < -0.3 is 15.0 Å². The summed E-state index contributed by atoms with van der Waals surface area (Å²) < 4.78 is 6.46. The van der Waals surface area contributed by atoms with Crippen molar-refractivity contribution in [3.8, 4) is 5.75 Å². The summed E-state index contributed by atoms with van der Waals surface area (Å²) in [4.78, 5) is 2.36. The third-order valence-electron chi connectivity index (χ3n) is 5.71. The van der Waals surface area contributed by atoms with Gasteiger partial charge in [-0.15, -0.1) is 0 Å². The zero-order valence-corrected chi connectivity index (χ0v) is 18.3. The Morgan fingerprint density at radius 2 is 1.67 bits per heavy atom. The first-order valence-electron chi connectivity index (χ1n) is 10.7. The van der Waals surface area contributed by atoms with E-state index >= 15 is 0 Å². The second-order valence-corrected chi connectivity index (χ2v) is 8.66. The number of benzene rings is 3. The second kappa shape index (κ2) is 9.55. The average molecular weight is 421 g/mol. The Labute approximate surface area is 184 Å². The fourth-order valence-electron chi connectivity index (χ4n) is 3.97. The van der Waals surface area contributed by atoms with Gasteiger partial charge >= 0.3 is 0 Å². The average Bonchev–Trinajstić information content (AvgIpc) is 3.20. The summed E-state index contributed by atoms with van der Waals surface area (Å²) in [5, 5.41) is 4.28. The summed E-state index contributed by atoms with van der Waals surface area (Å²) in [6.45, 7) is 7.09. The lowest BCUT2D eigenvalue weighted by Crippen LogP contribution is -2.35. The number of nitrogens with one attached hydrogen (secondary N) is 1. The number of rotatable bonds is 7. The molecule has 0 saturated carbocycles. The monoisotopic (exact) mass is 420 g/mol. The van der Waals surface area contributed by atoms with Crippen molar-refractivity contribution >= 4 is 23.0 Å². The van der Waals surface area contributed by atoms with Crippen LogP contribution in [0.15, 0.2) is 78.9 Å². The number of hydrogen-bond acceptors (Lipinski definition) is 3. The van der Waals surface area contributed by atoms with Crippen LogP contribution in [0.4, 0.5) is 11.4 Å². The zero-order chi connectivity index (χ0) is 20.9. The van der Waals surface area contributed by atoms with Crippen molar-refractivity contribution in [1.82, 2.24) is 5.32 Å². The van der Waals surface area contributed by atoms with Gasteiger partial charge in [-0.2, -0.15) is 0 Å². The molecule has 4 rings (SSSR count). The maximum atomic E-state index is 6.46. The Bertz CT molecular complexity index is 943. The first kappa shape index (κ1) is 20.8. The van der Waals surface area contributed by atoms with Gasteiger partial charge in [-0.05, 0) is 60.0 Å². The highest BCUT2D eigenvalue weighted by Gasteiger charge is 2.31. The van der Waals surface area contributed by atoms with Gasteiger partial charge in [0.1, 0.15) is 11.9 Å². The van der Waals surface area contributed by atoms with E-state index in [9.17, 15) is 0 Å². The van der Waals surface area contributed by atoms with E-state index in [1.54, 1.807) is 0 Å². The highest BCUT2D eigenvalue weighted by Crippen LogP contribution is 2.30. The predicted octanol–water partition coefficient (Wildman–Crippen LogP) is 6.27. The molecule has 0 bridgehead atoms. The second-order valence-electron chi connectivity index (χ2n) is 8.22. The van der Waals surface area contributed by atoms with Crippen LogP contribution >= 0.6 is 11.6 Å². The highest BCUT2D eigenvalue weighted by atomic mass is 35.5. The van der Waals surface area contributed by atoms with E-state index in [1.807, 2.05) is 18.2 Å². The maximum absolute atomic E-state index is 6.46. The van der Waals surface area contributed by atoms with Crippen molar-refractivity contribution in [2.75, 3.05) is 24.5 Å². The molecule has 30 heavy (non-hydrogen) atoms. The van der Waals surface area contributed by atoms with Crippen LogP contribution in [0.1, 0.15) is 25.3 Å². The van der Waals surface area contributed by atoms with Gasteiger partial charge in [-0.25, -0.2) is 0 Å². The summed E-state index contributed by atoms with van der Waals surface area (Å²) in [5.74, 6) is 1.81. The van der Waals surface area contributed by atoms with Crippen LogP contribution < -0.4 is 15.0 Å². The van der Waals surface area contributed by atoms with Gasteiger partial charge in [0.15, 0.2) is 0 Å². The van der Waals surface area contributed by atoms with Crippen molar-refractivity contribution in [2.24, 2.45) is 5.92 Å². The minimum Gasteiger partial charge on any atom is -0.489 e. The van der Waals surface area contributed by atoms with Crippen LogP contribution in [0.2, 0.25) is 5.02 Å². The van der Waals surface area contributed by atoms with Crippen LogP contribution in [0.5, 0.6) is 5.75 Å². The molecule has 3 nitrogen and oxygen atoms in total. The molecular weight excluding hydrogens is 392 g/mol. The molecule has 1 N–H and O–H groups in total. The summed E-state index contributed by atoms with van der Waals surface area (Å²) in [6.07, 6.45) is 0.130. The number of para-hydroxylation sites is 1. The smallest absolute Gasteiger partial charge is 0.120 e. The zero-order valence-electron chi connectivity index (χ0n) is 17.6. The SMILES string of the molecule is CC(C)c1cccc(O[C@H]2CNC[C@@H]2CN(c2ccccc2)c2ccc(Cl)cc2)c1. The maximum Gasteiger partial charge on any atom is 0.120 e. The van der Waals surface area contributed by atoms with E-state index in [0.29, 0.717) is 11.8 Å². The van der Waals surface area contributed by atoms with Crippen molar-refractivity contribution in [1.29, 1.82) is 0 Å². The largest absolute Gasteiger partial charge is 0.489 e. The molecule has 0 amide bonds. The molecule has 0 radical (unpaired) electrons. The van der Waals surface area contributed by atoms with Gasteiger partial charge in [0.25, 0.3) is 0 Å². The van der Waals surface area contributed by atoms with Crippen molar-refractivity contribution in [3.63, 3.8) is 0 Å². The van der Waals surface area contributed by atoms with Gasteiger partial charge in [0.05, 0.1) is 0 Å². The quantitative estimate of drug-likeness (QED) is 0.487. The number of nitrogens with zero attached hydrogens (tertiary/aromatic N) is 1. The number of anilines is 2. The van der Waals surface area contributed by atoms with Crippen LogP contribution in [0.3, 0.4) is 0 Å². The summed E-state index contributed by atoms with van der Waals surface area (Å²) in [5.41, 5.74) is 3.62. The lowest BCUT2D eigenvalue weighted by molar-refractivity contribution is 0.177. The molecule has 3 aromatic carbocycles. The van der Waals surface area contributed by atoms with Crippen LogP contribution in [-0.2, 0) is 0 Å². The van der Waals surface area contributed by atoms with Crippen molar-refractivity contribution in [2.45, 2.75) is 25.9 Å². The molecule has 1 fully saturated rings. The molecule has 0 unspecified atom stereocenters. The fraction of sp³-hybridized carbons (Fsp3) is 0.308. The van der Waals surface area contributed by atoms with Gasteiger partial charge in [-0.1, -0.05) is 55.8 Å². The molecule has 0 aromatic heterocycles. The van der Waals surface area contributed by atoms with E-state index in [4.69, 9.17) is 16.3 Å². The Kier molecular flexibility index (Phi) is 6.61. The van der Waals surface area contributed by atoms with E-state index < -0.39 is 0 Å². The lowest BCUT2D eigenvalue weighted by Gasteiger charge is -2.30. The first-order chi connectivity index (χ1) is 14.6. The molecule has 156 valence electrons. The molecule has 3 aromatic rings. The Morgan fingerprint density at radius 3 is 2.40 bits per heavy atom. The Hall–Kier alpha value is -2.49. The molecular formula is C26H29ClN2O. The molecule has 0 spiro atoms. The highest BCUT2D eigenvalue weighted by molar-refractivity contribution is 6.30. The van der Waals surface area contributed by atoms with Crippen molar-refractivity contribution in [3.05, 3.63) is 89.4 Å². The minimum absolute atomic E-state index is 0.130. The van der Waals surface area contributed by atoms with Gasteiger partial charge in [0, 0.05) is 41.9 Å². The summed E-state index contributed by atoms with van der Waals surface area (Å²) in [6, 6.07) is 27.1. The molecule has 0 aliphatic carbocycles. The van der Waals surface area contributed by atoms with E-state index in [1.165, 1.54) is 11.3 Å². The molecule has 1 saturated heterocycles. The minimum atomic E-state index is 0.130. The number of halogens is 1. The molecule has 4 heteroatoms. The molecule has 1 aliphatic rings. The van der Waals surface area contributed by atoms with Gasteiger partial charge in [-0.3, -0.25) is 0 Å². The molecule has 1 heterocycles. The third kappa shape index (κ3) is 4.97. The first-order valence-corrected chi connectivity index (χ1v) is 11.0. The normalized spacial score (nSPS) is 18.5. The summed E-state index contributed by atoms with van der Waals surface area (Å²) in [7, 11) is 0. The van der Waals surface area contributed by atoms with E-state index in [2.05, 4.69) is 84.7 Å². The van der Waals surface area contributed by atoms with Gasteiger partial charge in [0.2, 0.25) is 0 Å². The number of hydrogen-bond donors (Lipinski definition) is 1. The topological polar surface area (TPSA) is 24.5 Å². The van der Waals surface area contributed by atoms with E-state index in [-0.39, 0.29) is 6.10 Å². The molecule has 1 aliphatic heterocycles.